The Morgan fingerprint density at radius 1 is 1.00 bits per heavy atom. The van der Waals surface area contributed by atoms with E-state index in [1.165, 1.54) is 27.7 Å². The highest BCUT2D eigenvalue weighted by Crippen LogP contribution is 2.43. The van der Waals surface area contributed by atoms with Gasteiger partial charge < -0.3 is 9.53 Å². The first kappa shape index (κ1) is 17.9. The van der Waals surface area contributed by atoms with Crippen molar-refractivity contribution in [3.63, 3.8) is 0 Å². The zero-order chi connectivity index (χ0) is 16.6. The highest BCUT2D eigenvalue weighted by Gasteiger charge is 2.63. The van der Waals surface area contributed by atoms with Gasteiger partial charge in [-0.05, 0) is 23.2 Å². The molecule has 0 heterocycles. The van der Waals surface area contributed by atoms with Crippen molar-refractivity contribution in [1.29, 1.82) is 0 Å². The van der Waals surface area contributed by atoms with Crippen LogP contribution in [0.1, 0.15) is 27.7 Å². The Kier molecular flexibility index (Phi) is 5.04. The van der Waals surface area contributed by atoms with Crippen molar-refractivity contribution in [1.82, 2.24) is 0 Å². The average molecular weight is 328 g/mol. The fourth-order valence-corrected chi connectivity index (χ4v) is 5.10. The van der Waals surface area contributed by atoms with E-state index in [2.05, 4.69) is 4.74 Å². The lowest BCUT2D eigenvalue weighted by molar-refractivity contribution is -0.125. The standard InChI is InChI=1S/C13H17F5O2Si/c1-7(2)21(19,8(3)4)13(17,18)20-10-6-5-9(14)11(15)12(10)16/h5-8,19H,1-4H3. The van der Waals surface area contributed by atoms with Crippen molar-refractivity contribution < 1.29 is 31.5 Å². The highest BCUT2D eigenvalue weighted by atomic mass is 28.4. The second-order valence-electron chi connectivity index (χ2n) is 5.43. The zero-order valence-corrected chi connectivity index (χ0v) is 13.1. The Morgan fingerprint density at radius 2 is 1.48 bits per heavy atom. The van der Waals surface area contributed by atoms with Crippen LogP contribution in [0.15, 0.2) is 12.1 Å². The van der Waals surface area contributed by atoms with Gasteiger partial charge in [0.25, 0.3) is 0 Å². The van der Waals surface area contributed by atoms with Gasteiger partial charge in [-0.3, -0.25) is 0 Å². The molecule has 1 N–H and O–H groups in total. The maximum atomic E-state index is 14.3. The predicted molar refractivity (Wildman–Crippen MR) is 70.1 cm³/mol. The molecule has 0 fully saturated rings. The van der Waals surface area contributed by atoms with E-state index in [9.17, 15) is 26.7 Å². The molecule has 0 amide bonds. The fourth-order valence-electron chi connectivity index (χ4n) is 2.15. The van der Waals surface area contributed by atoms with Crippen LogP contribution in [0, 0.1) is 17.5 Å². The van der Waals surface area contributed by atoms with E-state index in [-0.39, 0.29) is 0 Å². The van der Waals surface area contributed by atoms with Crippen LogP contribution < -0.4 is 4.74 Å². The van der Waals surface area contributed by atoms with Crippen molar-refractivity contribution in [3.05, 3.63) is 29.6 Å². The van der Waals surface area contributed by atoms with Gasteiger partial charge in [-0.25, -0.2) is 8.78 Å². The van der Waals surface area contributed by atoms with Gasteiger partial charge in [0.2, 0.25) is 5.82 Å². The number of hydrogen-bond donors (Lipinski definition) is 1. The van der Waals surface area contributed by atoms with Crippen LogP contribution in [0.3, 0.4) is 0 Å². The second-order valence-corrected chi connectivity index (χ2v) is 9.97. The molecular weight excluding hydrogens is 311 g/mol. The molecule has 0 spiro atoms. The summed E-state index contributed by atoms with van der Waals surface area (Å²) in [5.74, 6) is -6.39. The lowest BCUT2D eigenvalue weighted by Crippen LogP contribution is -2.61. The quantitative estimate of drug-likeness (QED) is 0.494. The second kappa shape index (κ2) is 5.92. The third-order valence-electron chi connectivity index (χ3n) is 3.46. The van der Waals surface area contributed by atoms with Crippen LogP contribution in [0.4, 0.5) is 22.0 Å². The van der Waals surface area contributed by atoms with E-state index in [1.54, 1.807) is 0 Å². The smallest absolute Gasteiger partial charge is 0.396 e. The molecule has 0 aromatic heterocycles. The van der Waals surface area contributed by atoms with Crippen molar-refractivity contribution in [2.75, 3.05) is 0 Å². The van der Waals surface area contributed by atoms with Gasteiger partial charge in [0.15, 0.2) is 17.4 Å². The molecule has 1 aromatic rings. The molecule has 0 saturated carbocycles. The van der Waals surface area contributed by atoms with E-state index < -0.39 is 48.3 Å². The summed E-state index contributed by atoms with van der Waals surface area (Å²) in [6, 6.07) is 1.05. The first-order chi connectivity index (χ1) is 9.45. The molecule has 0 saturated heterocycles. The Hall–Kier alpha value is -1.15. The van der Waals surface area contributed by atoms with Gasteiger partial charge in [-0.1, -0.05) is 27.7 Å². The summed E-state index contributed by atoms with van der Waals surface area (Å²) in [5.41, 5.74) is -5.64. The maximum Gasteiger partial charge on any atom is 0.396 e. The number of benzene rings is 1. The molecule has 21 heavy (non-hydrogen) atoms. The number of rotatable bonds is 5. The maximum absolute atomic E-state index is 14.3. The normalized spacial score (nSPS) is 13.1. The van der Waals surface area contributed by atoms with Crippen LogP contribution >= 0.6 is 0 Å². The summed E-state index contributed by atoms with van der Waals surface area (Å²) in [5, 5.41) is 0. The summed E-state index contributed by atoms with van der Waals surface area (Å²) in [7, 11) is -4.31. The summed E-state index contributed by atoms with van der Waals surface area (Å²) in [4.78, 5) is 10.3. The molecule has 0 radical (unpaired) electrons. The SMILES string of the molecule is CC(C)[Si](O)(C(C)C)C(F)(F)Oc1ccc(F)c(F)c1F. The van der Waals surface area contributed by atoms with Gasteiger partial charge in [-0.2, -0.15) is 13.2 Å². The summed E-state index contributed by atoms with van der Waals surface area (Å²) >= 11 is 0. The summed E-state index contributed by atoms with van der Waals surface area (Å²) in [6.45, 7) is 5.63. The minimum absolute atomic E-state index is 0.481. The summed E-state index contributed by atoms with van der Waals surface area (Å²) < 4.78 is 72.1. The Morgan fingerprint density at radius 3 is 1.90 bits per heavy atom. The van der Waals surface area contributed by atoms with Crippen LogP contribution in [0.25, 0.3) is 0 Å². The molecule has 1 aromatic carbocycles. The lowest BCUT2D eigenvalue weighted by atomic mass is 10.3. The molecule has 2 nitrogen and oxygen atoms in total. The molecule has 0 unspecified atom stereocenters. The molecule has 0 aliphatic rings. The van der Waals surface area contributed by atoms with Crippen molar-refractivity contribution in [2.24, 2.45) is 0 Å². The van der Waals surface area contributed by atoms with E-state index in [0.29, 0.717) is 12.1 Å². The van der Waals surface area contributed by atoms with Crippen LogP contribution in [-0.4, -0.2) is 18.8 Å². The molecule has 0 aliphatic carbocycles. The average Bonchev–Trinajstić information content (AvgIpc) is 2.37. The largest absolute Gasteiger partial charge is 0.431 e. The first-order valence-corrected chi connectivity index (χ1v) is 8.48. The number of hydrogen-bond acceptors (Lipinski definition) is 2. The number of halogens is 5. The van der Waals surface area contributed by atoms with E-state index >= 15 is 0 Å². The van der Waals surface area contributed by atoms with Crippen LogP contribution in [0.5, 0.6) is 5.75 Å². The molecule has 1 rings (SSSR count). The third-order valence-corrected chi connectivity index (χ3v) is 8.02. The van der Waals surface area contributed by atoms with Crippen molar-refractivity contribution >= 4 is 8.32 Å². The van der Waals surface area contributed by atoms with E-state index in [1.807, 2.05) is 0 Å². The molecule has 8 heteroatoms. The van der Waals surface area contributed by atoms with Gasteiger partial charge in [-0.15, -0.1) is 0 Å². The van der Waals surface area contributed by atoms with Crippen molar-refractivity contribution in [2.45, 2.75) is 44.5 Å². The van der Waals surface area contributed by atoms with Crippen LogP contribution in [-0.2, 0) is 0 Å². The molecule has 0 aliphatic heterocycles. The third kappa shape index (κ3) is 3.05. The molecule has 0 atom stereocenters. The molecular formula is C13H17F5O2Si. The Bertz CT molecular complexity index is 512. The van der Waals surface area contributed by atoms with Gasteiger partial charge in [0.05, 0.1) is 0 Å². The molecule has 0 bridgehead atoms. The summed E-state index contributed by atoms with van der Waals surface area (Å²) in [6.07, 6.45) is 0. The van der Waals surface area contributed by atoms with Crippen molar-refractivity contribution in [3.8, 4) is 5.75 Å². The number of alkyl halides is 2. The minimum atomic E-state index is -4.31. The van der Waals surface area contributed by atoms with Gasteiger partial charge >= 0.3 is 14.0 Å². The minimum Gasteiger partial charge on any atom is -0.431 e. The monoisotopic (exact) mass is 328 g/mol. The Labute approximate surface area is 120 Å². The highest BCUT2D eigenvalue weighted by molar-refractivity contribution is 6.77. The first-order valence-electron chi connectivity index (χ1n) is 6.37. The van der Waals surface area contributed by atoms with Gasteiger partial charge in [0, 0.05) is 0 Å². The number of ether oxygens (including phenoxy) is 1. The zero-order valence-electron chi connectivity index (χ0n) is 12.1. The van der Waals surface area contributed by atoms with E-state index in [0.717, 1.165) is 0 Å². The fraction of sp³-hybridized carbons (Fsp3) is 0.538. The van der Waals surface area contributed by atoms with E-state index in [4.69, 9.17) is 0 Å². The van der Waals surface area contributed by atoms with Gasteiger partial charge in [0.1, 0.15) is 0 Å². The predicted octanol–water partition coefficient (Wildman–Crippen LogP) is 4.37. The lowest BCUT2D eigenvalue weighted by Gasteiger charge is -2.38. The van der Waals surface area contributed by atoms with Crippen LogP contribution in [0.2, 0.25) is 11.1 Å². The molecule has 120 valence electrons. The topological polar surface area (TPSA) is 29.5 Å². The Balaban J connectivity index is 3.24.